The first-order valence-corrected chi connectivity index (χ1v) is 6.74. The van der Waals surface area contributed by atoms with Crippen molar-refractivity contribution in [3.63, 3.8) is 0 Å². The molecule has 1 aliphatic carbocycles. The quantitative estimate of drug-likeness (QED) is 0.870. The highest BCUT2D eigenvalue weighted by molar-refractivity contribution is 5.12. The van der Waals surface area contributed by atoms with Gasteiger partial charge in [-0.2, -0.15) is 0 Å². The fourth-order valence-electron chi connectivity index (χ4n) is 2.67. The molecule has 2 rings (SSSR count). The standard InChI is InChI=1S/C15H23NO/c1-11-3-6-13(7-4-11)15(17)9-14-8-5-12(2)10-16-14/h5,8,10-11,13,15,17H,3-4,6-7,9H2,1-2H3. The van der Waals surface area contributed by atoms with Crippen molar-refractivity contribution in [2.45, 2.75) is 52.1 Å². The zero-order valence-corrected chi connectivity index (χ0v) is 10.9. The van der Waals surface area contributed by atoms with Gasteiger partial charge in [-0.15, -0.1) is 0 Å². The van der Waals surface area contributed by atoms with Crippen LogP contribution in [-0.4, -0.2) is 16.2 Å². The minimum Gasteiger partial charge on any atom is -0.392 e. The van der Waals surface area contributed by atoms with Crippen molar-refractivity contribution in [3.05, 3.63) is 29.6 Å². The monoisotopic (exact) mass is 233 g/mol. The van der Waals surface area contributed by atoms with Gasteiger partial charge in [-0.1, -0.05) is 25.8 Å². The zero-order chi connectivity index (χ0) is 12.3. The second-order valence-electron chi connectivity index (χ2n) is 5.62. The van der Waals surface area contributed by atoms with Crippen LogP contribution in [0.25, 0.3) is 0 Å². The molecule has 1 heterocycles. The number of aryl methyl sites for hydroxylation is 1. The molecule has 0 spiro atoms. The SMILES string of the molecule is Cc1ccc(CC(O)C2CCC(C)CC2)nc1. The highest BCUT2D eigenvalue weighted by Crippen LogP contribution is 2.31. The molecule has 0 radical (unpaired) electrons. The molecule has 1 aliphatic rings. The summed E-state index contributed by atoms with van der Waals surface area (Å²) in [6, 6.07) is 4.10. The van der Waals surface area contributed by atoms with E-state index in [1.165, 1.54) is 31.2 Å². The number of rotatable bonds is 3. The van der Waals surface area contributed by atoms with Crippen LogP contribution < -0.4 is 0 Å². The van der Waals surface area contributed by atoms with Crippen molar-refractivity contribution < 1.29 is 5.11 Å². The summed E-state index contributed by atoms with van der Waals surface area (Å²) >= 11 is 0. The highest BCUT2D eigenvalue weighted by atomic mass is 16.3. The Morgan fingerprint density at radius 3 is 2.59 bits per heavy atom. The number of aliphatic hydroxyl groups is 1. The number of hydrogen-bond donors (Lipinski definition) is 1. The maximum atomic E-state index is 10.2. The lowest BCUT2D eigenvalue weighted by Crippen LogP contribution is -2.27. The Morgan fingerprint density at radius 2 is 2.00 bits per heavy atom. The number of aliphatic hydroxyl groups excluding tert-OH is 1. The van der Waals surface area contributed by atoms with Crippen LogP contribution in [0, 0.1) is 18.8 Å². The minimum atomic E-state index is -0.210. The molecule has 1 N–H and O–H groups in total. The maximum absolute atomic E-state index is 10.2. The average Bonchev–Trinajstić information content (AvgIpc) is 2.33. The van der Waals surface area contributed by atoms with Crippen LogP contribution >= 0.6 is 0 Å². The van der Waals surface area contributed by atoms with Gasteiger partial charge in [0.25, 0.3) is 0 Å². The second-order valence-corrected chi connectivity index (χ2v) is 5.62. The predicted molar refractivity (Wildman–Crippen MR) is 69.8 cm³/mol. The van der Waals surface area contributed by atoms with E-state index in [1.54, 1.807) is 0 Å². The van der Waals surface area contributed by atoms with Crippen LogP contribution in [-0.2, 0) is 6.42 Å². The fourth-order valence-corrected chi connectivity index (χ4v) is 2.67. The Labute approximate surface area is 104 Å². The Bertz CT molecular complexity index is 338. The van der Waals surface area contributed by atoms with Crippen molar-refractivity contribution in [3.8, 4) is 0 Å². The molecule has 94 valence electrons. The van der Waals surface area contributed by atoms with Gasteiger partial charge < -0.3 is 5.11 Å². The summed E-state index contributed by atoms with van der Waals surface area (Å²) < 4.78 is 0. The van der Waals surface area contributed by atoms with Gasteiger partial charge in [0.2, 0.25) is 0 Å². The normalized spacial score (nSPS) is 26.8. The molecule has 1 aromatic heterocycles. The van der Waals surface area contributed by atoms with Gasteiger partial charge in [-0.25, -0.2) is 0 Å². The van der Waals surface area contributed by atoms with Crippen LogP contribution in [0.2, 0.25) is 0 Å². The molecular formula is C15H23NO. The predicted octanol–water partition coefficient (Wildman–Crippen LogP) is 3.12. The summed E-state index contributed by atoms with van der Waals surface area (Å²) in [5, 5.41) is 10.2. The summed E-state index contributed by atoms with van der Waals surface area (Å²) in [5.41, 5.74) is 2.19. The van der Waals surface area contributed by atoms with Crippen molar-refractivity contribution >= 4 is 0 Å². The number of nitrogens with zero attached hydrogens (tertiary/aromatic N) is 1. The summed E-state index contributed by atoms with van der Waals surface area (Å²) in [5.74, 6) is 1.32. The smallest absolute Gasteiger partial charge is 0.0623 e. The minimum absolute atomic E-state index is 0.210. The average molecular weight is 233 g/mol. The van der Waals surface area contributed by atoms with E-state index in [2.05, 4.69) is 18.0 Å². The molecule has 1 unspecified atom stereocenters. The first-order chi connectivity index (χ1) is 8.15. The number of hydrogen-bond acceptors (Lipinski definition) is 2. The Kier molecular flexibility index (Phi) is 4.16. The van der Waals surface area contributed by atoms with E-state index in [-0.39, 0.29) is 6.10 Å². The van der Waals surface area contributed by atoms with Crippen molar-refractivity contribution in [1.82, 2.24) is 4.98 Å². The first kappa shape index (κ1) is 12.6. The second kappa shape index (κ2) is 5.63. The topological polar surface area (TPSA) is 33.1 Å². The van der Waals surface area contributed by atoms with E-state index in [4.69, 9.17) is 0 Å². The Hall–Kier alpha value is -0.890. The molecule has 2 heteroatoms. The largest absolute Gasteiger partial charge is 0.392 e. The lowest BCUT2D eigenvalue weighted by atomic mass is 9.79. The molecule has 0 bridgehead atoms. The van der Waals surface area contributed by atoms with Crippen molar-refractivity contribution in [1.29, 1.82) is 0 Å². The summed E-state index contributed by atoms with van der Waals surface area (Å²) in [7, 11) is 0. The zero-order valence-electron chi connectivity index (χ0n) is 10.9. The molecule has 1 atom stereocenters. The molecule has 1 aromatic rings. The summed E-state index contributed by atoms with van der Waals surface area (Å²) in [6.07, 6.45) is 7.26. The van der Waals surface area contributed by atoms with Crippen LogP contribution in [0.5, 0.6) is 0 Å². The molecular weight excluding hydrogens is 210 g/mol. The molecule has 17 heavy (non-hydrogen) atoms. The highest BCUT2D eigenvalue weighted by Gasteiger charge is 2.24. The van der Waals surface area contributed by atoms with Gasteiger partial charge in [-0.3, -0.25) is 4.98 Å². The third-order valence-corrected chi connectivity index (χ3v) is 4.00. The van der Waals surface area contributed by atoms with E-state index in [9.17, 15) is 5.11 Å². The lowest BCUT2D eigenvalue weighted by molar-refractivity contribution is 0.0753. The van der Waals surface area contributed by atoms with Crippen molar-refractivity contribution in [2.75, 3.05) is 0 Å². The molecule has 1 fully saturated rings. The maximum Gasteiger partial charge on any atom is 0.0623 e. The first-order valence-electron chi connectivity index (χ1n) is 6.74. The van der Waals surface area contributed by atoms with Gasteiger partial charge in [0.1, 0.15) is 0 Å². The molecule has 0 saturated heterocycles. The lowest BCUT2D eigenvalue weighted by Gasteiger charge is -2.29. The number of pyridine rings is 1. The van der Waals surface area contributed by atoms with Gasteiger partial charge >= 0.3 is 0 Å². The van der Waals surface area contributed by atoms with Gasteiger partial charge in [0.15, 0.2) is 0 Å². The third-order valence-electron chi connectivity index (χ3n) is 4.00. The molecule has 0 amide bonds. The molecule has 0 aliphatic heterocycles. The van der Waals surface area contributed by atoms with Gasteiger partial charge in [0, 0.05) is 18.3 Å². The Morgan fingerprint density at radius 1 is 1.29 bits per heavy atom. The third kappa shape index (κ3) is 3.53. The van der Waals surface area contributed by atoms with Crippen LogP contribution in [0.3, 0.4) is 0 Å². The van der Waals surface area contributed by atoms with Crippen molar-refractivity contribution in [2.24, 2.45) is 11.8 Å². The Balaban J connectivity index is 1.88. The fraction of sp³-hybridized carbons (Fsp3) is 0.667. The van der Waals surface area contributed by atoms with E-state index in [1.807, 2.05) is 19.2 Å². The van der Waals surface area contributed by atoms with Gasteiger partial charge in [0.05, 0.1) is 6.10 Å². The van der Waals surface area contributed by atoms with Crippen LogP contribution in [0.15, 0.2) is 18.3 Å². The summed E-state index contributed by atoms with van der Waals surface area (Å²) in [4.78, 5) is 4.37. The van der Waals surface area contributed by atoms with Gasteiger partial charge in [-0.05, 0) is 43.2 Å². The van der Waals surface area contributed by atoms with E-state index in [0.29, 0.717) is 12.3 Å². The van der Waals surface area contributed by atoms with Crippen LogP contribution in [0.4, 0.5) is 0 Å². The number of aromatic nitrogens is 1. The molecule has 0 aromatic carbocycles. The van der Waals surface area contributed by atoms with Crippen LogP contribution in [0.1, 0.15) is 43.9 Å². The van der Waals surface area contributed by atoms with E-state index in [0.717, 1.165) is 11.6 Å². The molecule has 2 nitrogen and oxygen atoms in total. The van der Waals surface area contributed by atoms with E-state index >= 15 is 0 Å². The summed E-state index contributed by atoms with van der Waals surface area (Å²) in [6.45, 7) is 4.35. The van der Waals surface area contributed by atoms with E-state index < -0.39 is 0 Å². The molecule has 1 saturated carbocycles.